The van der Waals surface area contributed by atoms with Gasteiger partial charge in [0.05, 0.1) is 11.9 Å². The minimum absolute atomic E-state index is 0.0593. The van der Waals surface area contributed by atoms with Crippen LogP contribution < -0.4 is 21.7 Å². The lowest BCUT2D eigenvalue weighted by atomic mass is 10.1. The Balaban J connectivity index is 1.53. The van der Waals surface area contributed by atoms with Crippen LogP contribution in [-0.4, -0.2) is 48.2 Å². The number of amides is 3. The minimum Gasteiger partial charge on any atom is -0.384 e. The fourth-order valence-corrected chi connectivity index (χ4v) is 3.30. The number of nitrogens with two attached hydrogens (primary N) is 1. The van der Waals surface area contributed by atoms with Crippen molar-refractivity contribution in [3.05, 3.63) is 77.5 Å². The normalized spacial score (nSPS) is 10.6. The molecule has 0 spiro atoms. The Kier molecular flexibility index (Phi) is 8.53. The molecule has 0 fully saturated rings. The Morgan fingerprint density at radius 2 is 1.40 bits per heavy atom. The number of nitrogens with one attached hydrogen (secondary N) is 3. The number of hydrogen-bond donors (Lipinski definition) is 4. The zero-order chi connectivity index (χ0) is 25.4. The molecule has 0 saturated carbocycles. The van der Waals surface area contributed by atoms with Gasteiger partial charge in [0, 0.05) is 28.9 Å². The lowest BCUT2D eigenvalue weighted by molar-refractivity contribution is -0.116. The van der Waals surface area contributed by atoms with Crippen LogP contribution in [0.1, 0.15) is 39.1 Å². The lowest BCUT2D eigenvalue weighted by Gasteiger charge is -2.10. The molecule has 0 aliphatic heterocycles. The zero-order valence-electron chi connectivity index (χ0n) is 20.1. The van der Waals surface area contributed by atoms with Crippen molar-refractivity contribution in [2.24, 2.45) is 0 Å². The fraction of sp³-hybridized carbons (Fsp3) is 0.231. The number of carbonyl (C=O) groups is 3. The summed E-state index contributed by atoms with van der Waals surface area (Å²) in [5.41, 5.74) is 9.10. The van der Waals surface area contributed by atoms with Crippen LogP contribution in [0, 0.1) is 6.92 Å². The Hall–Kier alpha value is -4.24. The molecule has 1 heterocycles. The Bertz CT molecular complexity index is 1190. The average molecular weight is 475 g/mol. The molecular formula is C26H30N6O3. The van der Waals surface area contributed by atoms with Gasteiger partial charge in [-0.3, -0.25) is 14.4 Å². The maximum Gasteiger partial charge on any atom is 0.255 e. The van der Waals surface area contributed by atoms with Crippen molar-refractivity contribution < 1.29 is 14.4 Å². The first-order valence-electron chi connectivity index (χ1n) is 11.2. The molecule has 1 aromatic heterocycles. The molecule has 3 rings (SSSR count). The first-order valence-corrected chi connectivity index (χ1v) is 11.2. The van der Waals surface area contributed by atoms with Crippen LogP contribution in [0.4, 0.5) is 22.9 Å². The molecule has 9 nitrogen and oxygen atoms in total. The molecule has 9 heteroatoms. The number of pyridine rings is 1. The molecule has 35 heavy (non-hydrogen) atoms. The minimum atomic E-state index is -0.297. The van der Waals surface area contributed by atoms with Gasteiger partial charge >= 0.3 is 0 Å². The lowest BCUT2D eigenvalue weighted by Crippen LogP contribution is -2.17. The van der Waals surface area contributed by atoms with E-state index in [1.807, 2.05) is 25.9 Å². The van der Waals surface area contributed by atoms with Gasteiger partial charge in [-0.25, -0.2) is 4.98 Å². The van der Waals surface area contributed by atoms with Gasteiger partial charge in [-0.05, 0) is 94.1 Å². The van der Waals surface area contributed by atoms with Crippen LogP contribution in [-0.2, 0) is 4.79 Å². The molecule has 182 valence electrons. The van der Waals surface area contributed by atoms with Gasteiger partial charge < -0.3 is 26.6 Å². The monoisotopic (exact) mass is 474 g/mol. The summed E-state index contributed by atoms with van der Waals surface area (Å²) in [5, 5.41) is 8.43. The third-order valence-corrected chi connectivity index (χ3v) is 5.23. The molecule has 0 saturated heterocycles. The first-order chi connectivity index (χ1) is 16.7. The summed E-state index contributed by atoms with van der Waals surface area (Å²) in [6, 6.07) is 14.9. The molecule has 3 amide bonds. The highest BCUT2D eigenvalue weighted by Gasteiger charge is 2.11. The molecule has 0 unspecified atom stereocenters. The molecule has 0 atom stereocenters. The summed E-state index contributed by atoms with van der Waals surface area (Å²) in [5.74, 6) is -0.266. The maximum absolute atomic E-state index is 12.6. The van der Waals surface area contributed by atoms with Crippen molar-refractivity contribution in [3.63, 3.8) is 0 Å². The number of benzene rings is 2. The number of carbonyl (C=O) groups excluding carboxylic acids is 3. The number of hydrogen-bond acceptors (Lipinski definition) is 6. The molecular weight excluding hydrogens is 444 g/mol. The van der Waals surface area contributed by atoms with E-state index in [-0.39, 0.29) is 17.7 Å². The Labute approximate surface area is 204 Å². The van der Waals surface area contributed by atoms with E-state index in [9.17, 15) is 14.4 Å². The third kappa shape index (κ3) is 7.65. The van der Waals surface area contributed by atoms with Crippen molar-refractivity contribution in [1.82, 2.24) is 9.88 Å². The highest BCUT2D eigenvalue weighted by molar-refractivity contribution is 6.06. The maximum atomic E-state index is 12.6. The van der Waals surface area contributed by atoms with Crippen molar-refractivity contribution in [1.29, 1.82) is 0 Å². The number of aryl methyl sites for hydroxylation is 1. The smallest absolute Gasteiger partial charge is 0.255 e. The van der Waals surface area contributed by atoms with E-state index in [4.69, 9.17) is 5.73 Å². The largest absolute Gasteiger partial charge is 0.384 e. The number of nitrogens with zero attached hydrogens (tertiary/aromatic N) is 2. The SMILES string of the molecule is Cc1cc(N)ncc1NC(=O)c1ccc(NC(=O)c2ccc(NC(=O)CCCN(C)C)cc2)cc1. The van der Waals surface area contributed by atoms with Gasteiger partial charge in [0.25, 0.3) is 11.8 Å². The first kappa shape index (κ1) is 25.4. The summed E-state index contributed by atoms with van der Waals surface area (Å²) < 4.78 is 0. The van der Waals surface area contributed by atoms with Gasteiger partial charge in [0.1, 0.15) is 5.82 Å². The second kappa shape index (κ2) is 11.8. The Morgan fingerprint density at radius 3 is 1.94 bits per heavy atom. The van der Waals surface area contributed by atoms with Crippen LogP contribution in [0.25, 0.3) is 0 Å². The van der Waals surface area contributed by atoms with E-state index in [2.05, 4.69) is 20.9 Å². The number of anilines is 4. The van der Waals surface area contributed by atoms with E-state index >= 15 is 0 Å². The number of aromatic nitrogens is 1. The van der Waals surface area contributed by atoms with E-state index in [1.54, 1.807) is 54.6 Å². The van der Waals surface area contributed by atoms with Crippen molar-refractivity contribution in [2.45, 2.75) is 19.8 Å². The van der Waals surface area contributed by atoms with Crippen molar-refractivity contribution in [2.75, 3.05) is 42.3 Å². The van der Waals surface area contributed by atoms with E-state index < -0.39 is 0 Å². The fourth-order valence-electron chi connectivity index (χ4n) is 3.30. The van der Waals surface area contributed by atoms with Crippen LogP contribution in [0.2, 0.25) is 0 Å². The quantitative estimate of drug-likeness (QED) is 0.374. The second-order valence-corrected chi connectivity index (χ2v) is 8.44. The van der Waals surface area contributed by atoms with Crippen molar-refractivity contribution >= 4 is 40.6 Å². The average Bonchev–Trinajstić information content (AvgIpc) is 2.81. The summed E-state index contributed by atoms with van der Waals surface area (Å²) in [6.07, 6.45) is 2.72. The molecule has 3 aromatic rings. The van der Waals surface area contributed by atoms with Crippen molar-refractivity contribution in [3.8, 4) is 0 Å². The molecule has 2 aromatic carbocycles. The molecule has 5 N–H and O–H groups in total. The molecule has 0 aliphatic rings. The predicted octanol–water partition coefficient (Wildman–Crippen LogP) is 3.76. The number of nitrogen functional groups attached to an aromatic ring is 1. The van der Waals surface area contributed by atoms with Gasteiger partial charge in [-0.15, -0.1) is 0 Å². The van der Waals surface area contributed by atoms with Gasteiger partial charge in [0.2, 0.25) is 5.91 Å². The van der Waals surface area contributed by atoms with Gasteiger partial charge in [-0.1, -0.05) is 0 Å². The Morgan fingerprint density at radius 1 is 0.857 bits per heavy atom. The highest BCUT2D eigenvalue weighted by Crippen LogP contribution is 2.18. The molecule has 0 aliphatic carbocycles. The van der Waals surface area contributed by atoms with Crippen LogP contribution >= 0.6 is 0 Å². The van der Waals surface area contributed by atoms with E-state index in [0.717, 1.165) is 18.5 Å². The highest BCUT2D eigenvalue weighted by atomic mass is 16.2. The number of rotatable bonds is 9. The van der Waals surface area contributed by atoms with Crippen LogP contribution in [0.3, 0.4) is 0 Å². The summed E-state index contributed by atoms with van der Waals surface area (Å²) in [6.45, 7) is 2.68. The van der Waals surface area contributed by atoms with Gasteiger partial charge in [0.15, 0.2) is 0 Å². The standard InChI is InChI=1S/C26H30N6O3/c1-17-15-23(27)28-16-22(17)31-26(35)19-8-12-21(13-9-19)30-25(34)18-6-10-20(11-7-18)29-24(33)5-4-14-32(2)3/h6-13,15-16H,4-5,14H2,1-3H3,(H2,27,28)(H,29,33)(H,30,34)(H,31,35). The molecule has 0 bridgehead atoms. The third-order valence-electron chi connectivity index (χ3n) is 5.23. The summed E-state index contributed by atoms with van der Waals surface area (Å²) >= 11 is 0. The second-order valence-electron chi connectivity index (χ2n) is 8.44. The van der Waals surface area contributed by atoms with Crippen LogP contribution in [0.15, 0.2) is 60.8 Å². The summed E-state index contributed by atoms with van der Waals surface area (Å²) in [7, 11) is 3.93. The topological polar surface area (TPSA) is 129 Å². The zero-order valence-corrected chi connectivity index (χ0v) is 20.1. The van der Waals surface area contributed by atoms with E-state index in [1.165, 1.54) is 6.20 Å². The van der Waals surface area contributed by atoms with Gasteiger partial charge in [-0.2, -0.15) is 0 Å². The summed E-state index contributed by atoms with van der Waals surface area (Å²) in [4.78, 5) is 43.1. The molecule has 0 radical (unpaired) electrons. The van der Waals surface area contributed by atoms with E-state index in [0.29, 0.717) is 40.4 Å². The predicted molar refractivity (Wildman–Crippen MR) is 139 cm³/mol. The van der Waals surface area contributed by atoms with Crippen LogP contribution in [0.5, 0.6) is 0 Å².